The fourth-order valence-electron chi connectivity index (χ4n) is 4.69. The molecule has 0 unspecified atom stereocenters. The van der Waals surface area contributed by atoms with Gasteiger partial charge in [-0.05, 0) is 54.4 Å². The monoisotopic (exact) mass is 603 g/mol. The second-order valence-electron chi connectivity index (χ2n) is 9.88. The number of benzene rings is 3. The maximum absolute atomic E-state index is 15.5. The Morgan fingerprint density at radius 1 is 0.909 bits per heavy atom. The van der Waals surface area contributed by atoms with Gasteiger partial charge in [0.25, 0.3) is 0 Å². The molecule has 0 amide bonds. The van der Waals surface area contributed by atoms with Gasteiger partial charge in [0.2, 0.25) is 5.89 Å². The van der Waals surface area contributed by atoms with E-state index in [1.807, 2.05) is 0 Å². The molecule has 9 nitrogen and oxygen atoms in total. The number of ether oxygens (including phenoxy) is 1. The third-order valence-corrected chi connectivity index (χ3v) is 6.87. The zero-order valence-corrected chi connectivity index (χ0v) is 22.9. The second-order valence-corrected chi connectivity index (χ2v) is 9.88. The van der Waals surface area contributed by atoms with Crippen molar-refractivity contribution in [3.63, 3.8) is 0 Å². The van der Waals surface area contributed by atoms with Gasteiger partial charge in [-0.1, -0.05) is 12.1 Å². The van der Waals surface area contributed by atoms with Crippen molar-refractivity contribution in [2.24, 2.45) is 0 Å². The van der Waals surface area contributed by atoms with Crippen molar-refractivity contribution >= 4 is 17.0 Å². The van der Waals surface area contributed by atoms with Crippen molar-refractivity contribution in [1.29, 1.82) is 0 Å². The zero-order chi connectivity index (χ0) is 31.0. The number of carboxylic acids is 1. The molecular weight excluding hydrogens is 582 g/mol. The topological polar surface area (TPSA) is 116 Å². The van der Waals surface area contributed by atoms with Crippen molar-refractivity contribution in [2.45, 2.75) is 26.5 Å². The molecule has 222 valence electrons. The summed E-state index contributed by atoms with van der Waals surface area (Å²) in [6, 6.07) is 9.88. The minimum absolute atomic E-state index is 0.0294. The number of oxazole rings is 1. The molecule has 3 heterocycles. The van der Waals surface area contributed by atoms with Crippen LogP contribution in [0.1, 0.15) is 38.8 Å². The number of aromatic carboxylic acids is 1. The van der Waals surface area contributed by atoms with Crippen LogP contribution in [-0.2, 0) is 19.6 Å². The molecule has 3 aromatic heterocycles. The van der Waals surface area contributed by atoms with Crippen LogP contribution in [-0.4, -0.2) is 35.6 Å². The lowest BCUT2D eigenvalue weighted by Gasteiger charge is -2.11. The van der Waals surface area contributed by atoms with E-state index in [4.69, 9.17) is 9.15 Å². The number of fused-ring (bicyclic) bond motifs is 1. The predicted molar refractivity (Wildman–Crippen MR) is 148 cm³/mol. The predicted octanol–water partition coefficient (Wildman–Crippen LogP) is 6.26. The normalized spacial score (nSPS) is 11.3. The number of carboxylic acid groups (broad SMARTS) is 1. The van der Waals surface area contributed by atoms with E-state index in [9.17, 15) is 18.7 Å². The van der Waals surface area contributed by atoms with Crippen LogP contribution in [0.5, 0.6) is 6.01 Å². The molecule has 0 atom stereocenters. The number of aromatic nitrogens is 5. The Morgan fingerprint density at radius 3 is 2.48 bits per heavy atom. The fraction of sp³-hybridized carbons (Fsp3) is 0.129. The highest BCUT2D eigenvalue weighted by Crippen LogP contribution is 2.29. The summed E-state index contributed by atoms with van der Waals surface area (Å²) in [7, 11) is 0. The van der Waals surface area contributed by atoms with E-state index >= 15 is 8.78 Å². The summed E-state index contributed by atoms with van der Waals surface area (Å²) in [5, 5.41) is 9.41. The number of aryl methyl sites for hydroxylation is 1. The highest BCUT2D eigenvalue weighted by molar-refractivity contribution is 5.92. The highest BCUT2D eigenvalue weighted by Gasteiger charge is 2.21. The van der Waals surface area contributed by atoms with Crippen LogP contribution in [0.2, 0.25) is 0 Å². The number of imidazole rings is 1. The van der Waals surface area contributed by atoms with Gasteiger partial charge in [-0.2, -0.15) is 4.98 Å². The molecule has 0 spiro atoms. The average molecular weight is 604 g/mol. The van der Waals surface area contributed by atoms with Crippen LogP contribution in [0.25, 0.3) is 22.3 Å². The third kappa shape index (κ3) is 5.71. The molecule has 44 heavy (non-hydrogen) atoms. The first-order valence-electron chi connectivity index (χ1n) is 13.2. The van der Waals surface area contributed by atoms with E-state index in [-0.39, 0.29) is 76.3 Å². The van der Waals surface area contributed by atoms with E-state index < -0.39 is 29.2 Å². The van der Waals surface area contributed by atoms with Gasteiger partial charge in [0.05, 0.1) is 23.0 Å². The average Bonchev–Trinajstić information content (AvgIpc) is 3.63. The summed E-state index contributed by atoms with van der Waals surface area (Å²) in [5.41, 5.74) is 0.437. The minimum Gasteiger partial charge on any atom is -0.478 e. The van der Waals surface area contributed by atoms with Crippen molar-refractivity contribution in [2.75, 3.05) is 0 Å². The lowest BCUT2D eigenvalue weighted by Crippen LogP contribution is -2.08. The Bertz CT molecular complexity index is 2030. The fourth-order valence-corrected chi connectivity index (χ4v) is 4.69. The number of halogens is 4. The van der Waals surface area contributed by atoms with Gasteiger partial charge < -0.3 is 18.8 Å². The smallest absolute Gasteiger partial charge is 0.335 e. The summed E-state index contributed by atoms with van der Waals surface area (Å²) in [6.07, 6.45) is 3.75. The van der Waals surface area contributed by atoms with Crippen LogP contribution in [0.3, 0.4) is 0 Å². The summed E-state index contributed by atoms with van der Waals surface area (Å²) in [4.78, 5) is 28.0. The summed E-state index contributed by atoms with van der Waals surface area (Å²) in [5.74, 6) is -3.98. The molecule has 6 aromatic rings. The Morgan fingerprint density at radius 2 is 1.73 bits per heavy atom. The molecule has 0 radical (unpaired) electrons. The number of hydrogen-bond acceptors (Lipinski definition) is 7. The quantitative estimate of drug-likeness (QED) is 0.193. The molecule has 3 aromatic carbocycles. The summed E-state index contributed by atoms with van der Waals surface area (Å²) >= 11 is 0. The first kappa shape index (κ1) is 28.5. The lowest BCUT2D eigenvalue weighted by molar-refractivity contribution is 0.0696. The van der Waals surface area contributed by atoms with Crippen LogP contribution < -0.4 is 4.74 Å². The number of rotatable bonds is 9. The molecule has 0 bridgehead atoms. The Kier molecular flexibility index (Phi) is 7.51. The SMILES string of the molecule is Cc1ccc(COc2nccc(-c3cc(F)c(Cc4nc5c(F)cc(C(=O)O)cc5n4Cc4ncco4)cc3F)n2)c(F)c1. The van der Waals surface area contributed by atoms with Gasteiger partial charge in [0, 0.05) is 23.7 Å². The maximum Gasteiger partial charge on any atom is 0.335 e. The van der Waals surface area contributed by atoms with E-state index in [0.29, 0.717) is 0 Å². The number of carbonyl (C=O) groups is 1. The van der Waals surface area contributed by atoms with Crippen LogP contribution in [0.15, 0.2) is 71.6 Å². The molecule has 0 aliphatic carbocycles. The largest absolute Gasteiger partial charge is 0.478 e. The molecular formula is C31H21F4N5O4. The maximum atomic E-state index is 15.5. The molecule has 0 saturated carbocycles. The third-order valence-electron chi connectivity index (χ3n) is 6.87. The van der Waals surface area contributed by atoms with Gasteiger partial charge in [-0.3, -0.25) is 0 Å². The minimum atomic E-state index is -1.35. The molecule has 0 aliphatic rings. The lowest BCUT2D eigenvalue weighted by atomic mass is 10.0. The molecule has 0 saturated heterocycles. The van der Waals surface area contributed by atoms with E-state index in [2.05, 4.69) is 19.9 Å². The van der Waals surface area contributed by atoms with Crippen LogP contribution in [0.4, 0.5) is 17.6 Å². The van der Waals surface area contributed by atoms with E-state index in [1.54, 1.807) is 19.1 Å². The van der Waals surface area contributed by atoms with Crippen LogP contribution in [0, 0.1) is 30.2 Å². The highest BCUT2D eigenvalue weighted by atomic mass is 19.1. The van der Waals surface area contributed by atoms with Crippen molar-refractivity contribution in [1.82, 2.24) is 24.5 Å². The number of nitrogens with zero attached hydrogens (tertiary/aromatic N) is 5. The van der Waals surface area contributed by atoms with Gasteiger partial charge in [0.1, 0.15) is 48.2 Å². The van der Waals surface area contributed by atoms with Crippen molar-refractivity contribution in [3.05, 3.63) is 124 Å². The van der Waals surface area contributed by atoms with Crippen molar-refractivity contribution in [3.8, 4) is 17.3 Å². The Balaban J connectivity index is 1.31. The second kappa shape index (κ2) is 11.6. The zero-order valence-electron chi connectivity index (χ0n) is 22.9. The molecule has 1 N–H and O–H groups in total. The summed E-state index contributed by atoms with van der Waals surface area (Å²) < 4.78 is 72.1. The van der Waals surface area contributed by atoms with E-state index in [1.165, 1.54) is 41.4 Å². The van der Waals surface area contributed by atoms with Gasteiger partial charge in [-0.15, -0.1) is 0 Å². The Hall–Kier alpha value is -5.59. The first-order valence-corrected chi connectivity index (χ1v) is 13.2. The Labute approximate surface area is 246 Å². The standard InChI is InChI=1S/C31H21F4N5O4/c1-16-2-3-17(21(32)8-16)15-44-31-37-5-4-25(38-31)20-13-22(33)18(9-23(20)34)12-27-39-29-24(35)10-19(30(41)42)11-26(29)40(27)14-28-36-6-7-43-28/h2-11,13H,12,14-15H2,1H3,(H,41,42). The molecule has 13 heteroatoms. The first-order chi connectivity index (χ1) is 21.2. The van der Waals surface area contributed by atoms with Crippen molar-refractivity contribution < 1.29 is 36.6 Å². The van der Waals surface area contributed by atoms with Gasteiger partial charge >= 0.3 is 12.0 Å². The van der Waals surface area contributed by atoms with Crippen LogP contribution >= 0.6 is 0 Å². The number of hydrogen-bond donors (Lipinski definition) is 1. The van der Waals surface area contributed by atoms with Gasteiger partial charge in [-0.25, -0.2) is 37.3 Å². The van der Waals surface area contributed by atoms with Gasteiger partial charge in [0.15, 0.2) is 5.82 Å². The molecule has 0 fully saturated rings. The molecule has 0 aliphatic heterocycles. The molecule has 6 rings (SSSR count). The summed E-state index contributed by atoms with van der Waals surface area (Å²) in [6.45, 7) is 1.51. The van der Waals surface area contributed by atoms with E-state index in [0.717, 1.165) is 23.8 Å².